The fourth-order valence-corrected chi connectivity index (χ4v) is 16.1. The van der Waals surface area contributed by atoms with Gasteiger partial charge in [-0.3, -0.25) is 0 Å². The third-order valence-corrected chi connectivity index (χ3v) is 20.8. The molecule has 0 saturated carbocycles. The zero-order valence-corrected chi connectivity index (χ0v) is 31.2. The van der Waals surface area contributed by atoms with Gasteiger partial charge in [0.15, 0.2) is 0 Å². The van der Waals surface area contributed by atoms with Crippen LogP contribution < -0.4 is 10.4 Å². The SMILES string of the molecule is CC1(C)C[Si]1(OCc1cnc(-c2ccccc2)[nH]1)c1ccccc1.Cn1cc(CO[Si]2(c3ccccc3)CC2(C)C)nc1-c1ccccc1. The first kappa shape index (κ1) is 33.2. The van der Waals surface area contributed by atoms with Gasteiger partial charge in [0.05, 0.1) is 30.8 Å². The molecule has 250 valence electrons. The molecule has 8 rings (SSSR count). The van der Waals surface area contributed by atoms with Crippen LogP contribution in [0, 0.1) is 0 Å². The lowest BCUT2D eigenvalue weighted by Gasteiger charge is -2.19. The molecule has 0 bridgehead atoms. The lowest BCUT2D eigenvalue weighted by molar-refractivity contribution is 0.303. The maximum atomic E-state index is 6.60. The third kappa shape index (κ3) is 6.66. The van der Waals surface area contributed by atoms with E-state index in [9.17, 15) is 0 Å². The molecule has 2 saturated heterocycles. The van der Waals surface area contributed by atoms with Gasteiger partial charge in [-0.05, 0) is 32.5 Å². The summed E-state index contributed by atoms with van der Waals surface area (Å²) in [6.45, 7) is 10.5. The van der Waals surface area contributed by atoms with Crippen LogP contribution in [0.1, 0.15) is 39.1 Å². The normalized spacial score (nSPS) is 21.4. The first-order valence-electron chi connectivity index (χ1n) is 17.2. The fourth-order valence-electron chi connectivity index (χ4n) is 7.24. The number of nitrogens with one attached hydrogen (secondary N) is 1. The molecule has 2 aromatic heterocycles. The highest BCUT2D eigenvalue weighted by molar-refractivity contribution is 6.99. The van der Waals surface area contributed by atoms with Crippen molar-refractivity contribution in [1.82, 2.24) is 19.5 Å². The van der Waals surface area contributed by atoms with Crippen LogP contribution in [-0.4, -0.2) is 36.2 Å². The molecule has 1 N–H and O–H groups in total. The second-order valence-corrected chi connectivity index (χ2v) is 23.2. The molecular formula is C41H46N4O2Si2. The third-order valence-electron chi connectivity index (χ3n) is 10.4. The van der Waals surface area contributed by atoms with Gasteiger partial charge in [-0.25, -0.2) is 9.97 Å². The monoisotopic (exact) mass is 682 g/mol. The molecule has 2 aliphatic rings. The van der Waals surface area contributed by atoms with E-state index in [1.165, 1.54) is 22.5 Å². The molecule has 4 aromatic carbocycles. The molecule has 2 fully saturated rings. The first-order valence-corrected chi connectivity index (χ1v) is 21.4. The van der Waals surface area contributed by atoms with Crippen molar-refractivity contribution in [2.24, 2.45) is 7.05 Å². The summed E-state index contributed by atoms with van der Waals surface area (Å²) < 4.78 is 15.2. The molecular weight excluding hydrogens is 637 g/mol. The Hall–Kier alpha value is -4.35. The van der Waals surface area contributed by atoms with Crippen molar-refractivity contribution in [3.05, 3.63) is 145 Å². The van der Waals surface area contributed by atoms with Crippen LogP contribution in [0.4, 0.5) is 0 Å². The molecule has 6 nitrogen and oxygen atoms in total. The number of hydrogen-bond acceptors (Lipinski definition) is 4. The maximum Gasteiger partial charge on any atom is 0.230 e. The first-order chi connectivity index (χ1) is 23.6. The van der Waals surface area contributed by atoms with E-state index in [2.05, 4.69) is 133 Å². The van der Waals surface area contributed by atoms with Crippen molar-refractivity contribution in [1.29, 1.82) is 0 Å². The second-order valence-electron chi connectivity index (χ2n) is 14.7. The Labute approximate surface area is 292 Å². The number of aromatic amines is 1. The van der Waals surface area contributed by atoms with Crippen molar-refractivity contribution in [2.75, 3.05) is 0 Å². The van der Waals surface area contributed by atoms with Gasteiger partial charge in [0, 0.05) is 24.4 Å². The van der Waals surface area contributed by atoms with E-state index < -0.39 is 16.6 Å². The Kier molecular flexibility index (Phi) is 8.91. The largest absolute Gasteiger partial charge is 0.406 e. The number of nitrogens with zero attached hydrogens (tertiary/aromatic N) is 3. The molecule has 2 aliphatic heterocycles. The average Bonchev–Trinajstić information content (AvgIpc) is 3.62. The van der Waals surface area contributed by atoms with E-state index in [4.69, 9.17) is 13.8 Å². The average molecular weight is 683 g/mol. The molecule has 4 heterocycles. The Morgan fingerprint density at radius 2 is 1.10 bits per heavy atom. The van der Waals surface area contributed by atoms with Gasteiger partial charge in [0.2, 0.25) is 16.6 Å². The Balaban J connectivity index is 0.000000154. The molecule has 0 amide bonds. The van der Waals surface area contributed by atoms with Gasteiger partial charge in [0.25, 0.3) is 0 Å². The quantitative estimate of drug-likeness (QED) is 0.147. The summed E-state index contributed by atoms with van der Waals surface area (Å²) in [7, 11) is -1.69. The smallest absolute Gasteiger partial charge is 0.230 e. The van der Waals surface area contributed by atoms with Gasteiger partial charge < -0.3 is 18.4 Å². The van der Waals surface area contributed by atoms with Crippen LogP contribution in [0.3, 0.4) is 0 Å². The minimum absolute atomic E-state index is 0.297. The number of imidazole rings is 2. The lowest BCUT2D eigenvalue weighted by atomic mass is 10.2. The lowest BCUT2D eigenvalue weighted by Crippen LogP contribution is -2.39. The summed E-state index contributed by atoms with van der Waals surface area (Å²) in [5.74, 6) is 1.89. The predicted molar refractivity (Wildman–Crippen MR) is 204 cm³/mol. The van der Waals surface area contributed by atoms with Gasteiger partial charge in [-0.1, -0.05) is 149 Å². The topological polar surface area (TPSA) is 65.0 Å². The highest BCUT2D eigenvalue weighted by atomic mass is 28.4. The molecule has 0 spiro atoms. The molecule has 2 unspecified atom stereocenters. The summed E-state index contributed by atoms with van der Waals surface area (Å²) in [6, 6.07) is 44.4. The number of aromatic nitrogens is 4. The summed E-state index contributed by atoms with van der Waals surface area (Å²) in [5, 5.41) is 3.40. The van der Waals surface area contributed by atoms with Crippen LogP contribution in [0.2, 0.25) is 22.2 Å². The van der Waals surface area contributed by atoms with Crippen LogP contribution in [-0.2, 0) is 29.1 Å². The molecule has 8 heteroatoms. The fraction of sp³-hybridized carbons (Fsp3) is 0.268. The number of hydrogen-bond donors (Lipinski definition) is 1. The highest BCUT2D eigenvalue weighted by Crippen LogP contribution is 2.62. The van der Waals surface area contributed by atoms with Gasteiger partial charge >= 0.3 is 0 Å². The van der Waals surface area contributed by atoms with Crippen molar-refractivity contribution < 1.29 is 8.85 Å². The van der Waals surface area contributed by atoms with E-state index in [-0.39, 0.29) is 0 Å². The second kappa shape index (κ2) is 13.2. The minimum Gasteiger partial charge on any atom is -0.406 e. The van der Waals surface area contributed by atoms with Crippen LogP contribution >= 0.6 is 0 Å². The number of aryl methyl sites for hydroxylation is 1. The Bertz CT molecular complexity index is 1990. The van der Waals surface area contributed by atoms with Crippen LogP contribution in [0.25, 0.3) is 22.8 Å². The maximum absolute atomic E-state index is 6.60. The Morgan fingerprint density at radius 3 is 1.59 bits per heavy atom. The number of rotatable bonds is 10. The molecule has 0 radical (unpaired) electrons. The zero-order chi connectivity index (χ0) is 34.1. The molecule has 0 aliphatic carbocycles. The van der Waals surface area contributed by atoms with Crippen LogP contribution in [0.5, 0.6) is 0 Å². The minimum atomic E-state index is -1.88. The van der Waals surface area contributed by atoms with Gasteiger partial charge in [-0.15, -0.1) is 0 Å². The van der Waals surface area contributed by atoms with Crippen molar-refractivity contribution in [3.63, 3.8) is 0 Å². The Morgan fingerprint density at radius 1 is 0.653 bits per heavy atom. The summed E-state index contributed by atoms with van der Waals surface area (Å²) in [6.07, 6.45) is 3.98. The number of H-pyrrole nitrogens is 1. The number of benzene rings is 4. The van der Waals surface area contributed by atoms with E-state index >= 15 is 0 Å². The predicted octanol–water partition coefficient (Wildman–Crippen LogP) is 8.49. The standard InChI is InChI=1S/C21H24N2OSi.C20H22N2OSi/c1-21(2)16-25(21,19-12-8-5-9-13-19)24-15-18-14-23(3)20(22-18)17-10-6-4-7-11-17;1-20(2)15-24(20,18-11-7-4-8-12-18)23-14-17-13-21-19(22-17)16-9-5-3-6-10-16/h4-14H,15-16H2,1-3H3;3-13H,14-15H2,1-2H3,(H,21,22). The van der Waals surface area contributed by atoms with Crippen molar-refractivity contribution >= 4 is 27.0 Å². The molecule has 6 aromatic rings. The zero-order valence-electron chi connectivity index (χ0n) is 29.2. The van der Waals surface area contributed by atoms with E-state index in [0.717, 1.165) is 34.2 Å². The van der Waals surface area contributed by atoms with E-state index in [1.54, 1.807) is 0 Å². The van der Waals surface area contributed by atoms with Crippen molar-refractivity contribution in [2.45, 2.75) is 63.1 Å². The highest BCUT2D eigenvalue weighted by Gasteiger charge is 2.67. The van der Waals surface area contributed by atoms with Gasteiger partial charge in [-0.2, -0.15) is 0 Å². The van der Waals surface area contributed by atoms with Crippen molar-refractivity contribution in [3.8, 4) is 22.8 Å². The summed E-state index contributed by atoms with van der Waals surface area (Å²) >= 11 is 0. The summed E-state index contributed by atoms with van der Waals surface area (Å²) in [5.41, 5.74) is 4.29. The van der Waals surface area contributed by atoms with E-state index in [0.29, 0.717) is 23.3 Å². The van der Waals surface area contributed by atoms with Crippen LogP contribution in [0.15, 0.2) is 134 Å². The molecule has 2 atom stereocenters. The summed E-state index contributed by atoms with van der Waals surface area (Å²) in [4.78, 5) is 12.7. The molecule has 49 heavy (non-hydrogen) atoms. The van der Waals surface area contributed by atoms with E-state index in [1.807, 2.05) is 49.6 Å². The van der Waals surface area contributed by atoms with Gasteiger partial charge in [0.1, 0.15) is 11.6 Å².